The molecule has 26 heavy (non-hydrogen) atoms. The van der Waals surface area contributed by atoms with Gasteiger partial charge >= 0.3 is 0 Å². The Hall–Kier alpha value is -2.96. The summed E-state index contributed by atoms with van der Waals surface area (Å²) in [6.07, 6.45) is 1.51. The number of rotatable bonds is 9. The van der Waals surface area contributed by atoms with Gasteiger partial charge in [0.25, 0.3) is 5.91 Å². The van der Waals surface area contributed by atoms with Crippen LogP contribution in [0.5, 0.6) is 17.2 Å². The Morgan fingerprint density at radius 1 is 1.15 bits per heavy atom. The van der Waals surface area contributed by atoms with Gasteiger partial charge in [-0.1, -0.05) is 26.0 Å². The molecule has 1 amide bonds. The summed E-state index contributed by atoms with van der Waals surface area (Å²) in [6.45, 7) is 4.52. The molecule has 0 aliphatic carbocycles. The molecule has 7 nitrogen and oxygen atoms in total. The molecule has 0 fully saturated rings. The van der Waals surface area contributed by atoms with Crippen molar-refractivity contribution in [3.63, 3.8) is 0 Å². The van der Waals surface area contributed by atoms with E-state index in [2.05, 4.69) is 10.3 Å². The third kappa shape index (κ3) is 5.84. The van der Waals surface area contributed by atoms with Crippen LogP contribution in [0.3, 0.4) is 0 Å². The van der Waals surface area contributed by atoms with E-state index in [0.29, 0.717) is 29.7 Å². The summed E-state index contributed by atoms with van der Waals surface area (Å²) < 4.78 is 16.0. The first kappa shape index (κ1) is 19.4. The zero-order valence-electron chi connectivity index (χ0n) is 15.2. The van der Waals surface area contributed by atoms with E-state index in [4.69, 9.17) is 14.2 Å². The lowest BCUT2D eigenvalue weighted by atomic mass is 10.2. The third-order valence-electron chi connectivity index (χ3n) is 3.41. The van der Waals surface area contributed by atoms with Crippen molar-refractivity contribution in [3.8, 4) is 17.2 Å². The summed E-state index contributed by atoms with van der Waals surface area (Å²) in [5.74, 6) is 1.34. The Kier molecular flexibility index (Phi) is 7.08. The summed E-state index contributed by atoms with van der Waals surface area (Å²) >= 11 is 0. The lowest BCUT2D eigenvalue weighted by Crippen LogP contribution is -2.29. The van der Waals surface area contributed by atoms with E-state index in [0.717, 1.165) is 0 Å². The average molecular weight is 360 g/mol. The van der Waals surface area contributed by atoms with Crippen LogP contribution in [-0.4, -0.2) is 31.2 Å². The van der Waals surface area contributed by atoms with E-state index in [1.807, 2.05) is 19.9 Å². The third-order valence-corrected chi connectivity index (χ3v) is 3.41. The fraction of sp³-hybridized carbons (Fsp3) is 0.368. The molecular formula is C19H24N2O5. The number of benzene rings is 1. The summed E-state index contributed by atoms with van der Waals surface area (Å²) in [5.41, 5.74) is 0.358. The summed E-state index contributed by atoms with van der Waals surface area (Å²) in [6, 6.07) is 8.50. The van der Waals surface area contributed by atoms with E-state index in [1.54, 1.807) is 18.2 Å². The van der Waals surface area contributed by atoms with Gasteiger partial charge in [-0.15, -0.1) is 0 Å². The Morgan fingerprint density at radius 2 is 1.88 bits per heavy atom. The molecule has 7 heteroatoms. The maximum absolute atomic E-state index is 12.0. The minimum Gasteiger partial charge on any atom is -0.493 e. The first-order valence-corrected chi connectivity index (χ1v) is 8.36. The van der Waals surface area contributed by atoms with Crippen LogP contribution in [0.1, 0.15) is 19.5 Å². The smallest absolute Gasteiger partial charge is 0.258 e. The van der Waals surface area contributed by atoms with Crippen LogP contribution in [0.4, 0.5) is 0 Å². The van der Waals surface area contributed by atoms with Gasteiger partial charge in [-0.2, -0.15) is 0 Å². The van der Waals surface area contributed by atoms with Crippen molar-refractivity contribution in [1.82, 2.24) is 10.3 Å². The maximum Gasteiger partial charge on any atom is 0.258 e. The zero-order chi connectivity index (χ0) is 18.9. The predicted molar refractivity (Wildman–Crippen MR) is 97.7 cm³/mol. The van der Waals surface area contributed by atoms with Crippen LogP contribution in [0, 0.1) is 5.92 Å². The highest BCUT2D eigenvalue weighted by Gasteiger charge is 2.08. The number of aromatic nitrogens is 1. The molecule has 2 N–H and O–H groups in total. The topological polar surface area (TPSA) is 89.7 Å². The first-order valence-electron chi connectivity index (χ1n) is 8.36. The van der Waals surface area contributed by atoms with Gasteiger partial charge in [0, 0.05) is 18.0 Å². The second-order valence-electron chi connectivity index (χ2n) is 6.11. The van der Waals surface area contributed by atoms with Crippen molar-refractivity contribution in [1.29, 1.82) is 0 Å². The molecule has 0 saturated carbocycles. The Balaban J connectivity index is 1.83. The van der Waals surface area contributed by atoms with E-state index in [-0.39, 0.29) is 30.2 Å². The Labute approximate surface area is 152 Å². The number of ether oxygens (including phenoxy) is 3. The van der Waals surface area contributed by atoms with Gasteiger partial charge in [0.15, 0.2) is 23.9 Å². The van der Waals surface area contributed by atoms with Gasteiger partial charge in [-0.25, -0.2) is 0 Å². The molecule has 140 valence electrons. The molecule has 0 aliphatic rings. The molecule has 1 aromatic carbocycles. The van der Waals surface area contributed by atoms with Crippen LogP contribution in [0.15, 0.2) is 41.3 Å². The summed E-state index contributed by atoms with van der Waals surface area (Å²) in [5, 5.41) is 2.69. The highest BCUT2D eigenvalue weighted by molar-refractivity contribution is 5.77. The molecule has 0 atom stereocenters. The highest BCUT2D eigenvalue weighted by atomic mass is 16.5. The number of amides is 1. The SMILES string of the molecule is COc1ccccc1OCC(=O)NCc1cc(=O)c(OCC(C)C)c[nH]1. The van der Waals surface area contributed by atoms with Crippen LogP contribution in [0.25, 0.3) is 0 Å². The lowest BCUT2D eigenvalue weighted by Gasteiger charge is -2.11. The minimum atomic E-state index is -0.308. The van der Waals surface area contributed by atoms with Crippen molar-refractivity contribution in [2.75, 3.05) is 20.3 Å². The number of H-pyrrole nitrogens is 1. The normalized spacial score (nSPS) is 10.5. The predicted octanol–water partition coefficient (Wildman–Crippen LogP) is 2.11. The number of hydrogen-bond acceptors (Lipinski definition) is 5. The van der Waals surface area contributed by atoms with Crippen molar-refractivity contribution in [3.05, 3.63) is 52.4 Å². The number of carbonyl (C=O) groups is 1. The van der Waals surface area contributed by atoms with E-state index in [1.165, 1.54) is 19.4 Å². The quantitative estimate of drug-likeness (QED) is 0.715. The molecule has 2 rings (SSSR count). The van der Waals surface area contributed by atoms with Crippen molar-refractivity contribution < 1.29 is 19.0 Å². The van der Waals surface area contributed by atoms with Gasteiger partial charge in [-0.05, 0) is 18.1 Å². The van der Waals surface area contributed by atoms with Gasteiger partial charge in [0.1, 0.15) is 0 Å². The molecule has 0 unspecified atom stereocenters. The number of hydrogen-bond donors (Lipinski definition) is 2. The summed E-state index contributed by atoms with van der Waals surface area (Å²) in [7, 11) is 1.53. The first-order chi connectivity index (χ1) is 12.5. The fourth-order valence-electron chi connectivity index (χ4n) is 2.10. The molecule has 0 radical (unpaired) electrons. The number of nitrogens with one attached hydrogen (secondary N) is 2. The van der Waals surface area contributed by atoms with Crippen LogP contribution in [-0.2, 0) is 11.3 Å². The minimum absolute atomic E-state index is 0.153. The maximum atomic E-state index is 12.0. The van der Waals surface area contributed by atoms with Crippen molar-refractivity contribution in [2.24, 2.45) is 5.92 Å². The van der Waals surface area contributed by atoms with E-state index in [9.17, 15) is 9.59 Å². The monoisotopic (exact) mass is 360 g/mol. The zero-order valence-corrected chi connectivity index (χ0v) is 15.2. The van der Waals surface area contributed by atoms with Crippen LogP contribution in [0.2, 0.25) is 0 Å². The van der Waals surface area contributed by atoms with Gasteiger partial charge in [-0.3, -0.25) is 9.59 Å². The molecule has 1 aromatic heterocycles. The standard InChI is InChI=1S/C19H24N2O5/c1-13(2)11-25-18-10-20-14(8-15(18)22)9-21-19(23)12-26-17-7-5-4-6-16(17)24-3/h4-8,10,13H,9,11-12H2,1-3H3,(H,20,22)(H,21,23). The molecule has 0 saturated heterocycles. The van der Waals surface area contributed by atoms with Crippen molar-refractivity contribution in [2.45, 2.75) is 20.4 Å². The van der Waals surface area contributed by atoms with Crippen LogP contribution >= 0.6 is 0 Å². The van der Waals surface area contributed by atoms with Gasteiger partial charge in [0.2, 0.25) is 5.43 Å². The second kappa shape index (κ2) is 9.50. The summed E-state index contributed by atoms with van der Waals surface area (Å²) in [4.78, 5) is 26.9. The number of carbonyl (C=O) groups excluding carboxylic acids is 1. The molecule has 1 heterocycles. The molecule has 0 spiro atoms. The molecular weight excluding hydrogens is 336 g/mol. The second-order valence-corrected chi connectivity index (χ2v) is 6.11. The highest BCUT2D eigenvalue weighted by Crippen LogP contribution is 2.25. The average Bonchev–Trinajstić information content (AvgIpc) is 2.64. The van der Waals surface area contributed by atoms with Crippen molar-refractivity contribution >= 4 is 5.91 Å². The van der Waals surface area contributed by atoms with E-state index < -0.39 is 0 Å². The van der Waals surface area contributed by atoms with E-state index >= 15 is 0 Å². The van der Waals surface area contributed by atoms with Gasteiger partial charge in [0.05, 0.1) is 20.3 Å². The fourth-order valence-corrected chi connectivity index (χ4v) is 2.10. The Bertz CT molecular complexity index is 785. The molecule has 0 aliphatic heterocycles. The Morgan fingerprint density at radius 3 is 2.54 bits per heavy atom. The number of aromatic amines is 1. The van der Waals surface area contributed by atoms with Crippen LogP contribution < -0.4 is 25.0 Å². The lowest BCUT2D eigenvalue weighted by molar-refractivity contribution is -0.123. The number of para-hydroxylation sites is 2. The molecule has 0 bridgehead atoms. The largest absolute Gasteiger partial charge is 0.493 e. The number of pyridine rings is 1. The van der Waals surface area contributed by atoms with Gasteiger partial charge < -0.3 is 24.5 Å². The number of methoxy groups -OCH3 is 1. The molecule has 2 aromatic rings.